The van der Waals surface area contributed by atoms with Crippen LogP contribution >= 0.6 is 0 Å². The number of piperidine rings is 1. The molecule has 2 heterocycles. The summed E-state index contributed by atoms with van der Waals surface area (Å²) in [5, 5.41) is 0. The Morgan fingerprint density at radius 3 is 2.61 bits per heavy atom. The number of methoxy groups -OCH3 is 1. The number of hydrogen-bond donors (Lipinski definition) is 0. The Morgan fingerprint density at radius 1 is 1.11 bits per heavy atom. The lowest BCUT2D eigenvalue weighted by atomic mass is 9.98. The van der Waals surface area contributed by atoms with Crippen LogP contribution in [0.15, 0.2) is 53.4 Å². The molecule has 0 N–H and O–H groups in total. The first-order valence-corrected chi connectivity index (χ1v) is 11.0. The second kappa shape index (κ2) is 7.56. The zero-order valence-electron chi connectivity index (χ0n) is 16.2. The van der Waals surface area contributed by atoms with Crippen LogP contribution in [0.25, 0.3) is 11.0 Å². The lowest BCUT2D eigenvalue weighted by Crippen LogP contribution is -2.39. The van der Waals surface area contributed by atoms with Crippen molar-refractivity contribution in [2.75, 3.05) is 20.2 Å². The number of hydrogen-bond acceptors (Lipinski definition) is 4. The Balaban J connectivity index is 1.46. The van der Waals surface area contributed by atoms with Crippen molar-refractivity contribution < 1.29 is 13.2 Å². The minimum absolute atomic E-state index is 0.293. The van der Waals surface area contributed by atoms with Crippen LogP contribution in [0, 0.1) is 12.8 Å². The van der Waals surface area contributed by atoms with Crippen LogP contribution in [0.2, 0.25) is 0 Å². The number of imidazole rings is 1. The second-order valence-electron chi connectivity index (χ2n) is 7.28. The molecule has 3 aromatic rings. The number of aromatic nitrogens is 2. The van der Waals surface area contributed by atoms with Gasteiger partial charge in [0, 0.05) is 25.7 Å². The van der Waals surface area contributed by atoms with Crippen molar-refractivity contribution in [1.29, 1.82) is 0 Å². The predicted molar refractivity (Wildman–Crippen MR) is 109 cm³/mol. The minimum atomic E-state index is -3.49. The van der Waals surface area contributed by atoms with Crippen molar-refractivity contribution in [3.63, 3.8) is 0 Å². The maximum atomic E-state index is 13.0. The molecule has 28 heavy (non-hydrogen) atoms. The summed E-state index contributed by atoms with van der Waals surface area (Å²) in [6.07, 6.45) is 1.68. The molecule has 1 aliphatic heterocycles. The van der Waals surface area contributed by atoms with Crippen LogP contribution in [0.3, 0.4) is 0 Å². The molecule has 6 nitrogen and oxygen atoms in total. The van der Waals surface area contributed by atoms with E-state index in [1.54, 1.807) is 35.7 Å². The zero-order valence-corrected chi connectivity index (χ0v) is 17.0. The van der Waals surface area contributed by atoms with Gasteiger partial charge in [-0.25, -0.2) is 13.4 Å². The van der Waals surface area contributed by atoms with E-state index in [1.807, 2.05) is 25.1 Å². The van der Waals surface area contributed by atoms with E-state index in [4.69, 9.17) is 4.74 Å². The molecule has 0 radical (unpaired) electrons. The number of nitrogens with zero attached hydrogens (tertiary/aromatic N) is 3. The van der Waals surface area contributed by atoms with Crippen molar-refractivity contribution in [2.24, 2.45) is 5.92 Å². The number of para-hydroxylation sites is 2. The molecule has 4 rings (SSSR count). The lowest BCUT2D eigenvalue weighted by molar-refractivity contribution is 0.253. The summed E-state index contributed by atoms with van der Waals surface area (Å²) >= 11 is 0. The van der Waals surface area contributed by atoms with E-state index in [-0.39, 0.29) is 0 Å². The SMILES string of the molecule is COc1cccc(S(=O)(=O)N2CCC(Cn3c(C)nc4ccccc43)CC2)c1. The van der Waals surface area contributed by atoms with Gasteiger partial charge in [-0.3, -0.25) is 0 Å². The molecule has 1 saturated heterocycles. The fourth-order valence-corrected chi connectivity index (χ4v) is 5.43. The number of benzene rings is 2. The first kappa shape index (κ1) is 19.0. The molecule has 1 aromatic heterocycles. The monoisotopic (exact) mass is 399 g/mol. The van der Waals surface area contributed by atoms with Crippen LogP contribution in [0.5, 0.6) is 5.75 Å². The van der Waals surface area contributed by atoms with Gasteiger partial charge in [0.25, 0.3) is 0 Å². The third-order valence-electron chi connectivity index (χ3n) is 5.54. The summed E-state index contributed by atoms with van der Waals surface area (Å²) in [4.78, 5) is 4.93. The van der Waals surface area contributed by atoms with Crippen LogP contribution in [0.4, 0.5) is 0 Å². The van der Waals surface area contributed by atoms with Gasteiger partial charge >= 0.3 is 0 Å². The smallest absolute Gasteiger partial charge is 0.243 e. The maximum absolute atomic E-state index is 13.0. The Hall–Kier alpha value is -2.38. The topological polar surface area (TPSA) is 64.4 Å². The van der Waals surface area contributed by atoms with Crippen LogP contribution in [-0.2, 0) is 16.6 Å². The van der Waals surface area contributed by atoms with E-state index in [9.17, 15) is 8.42 Å². The molecular weight excluding hydrogens is 374 g/mol. The molecule has 148 valence electrons. The van der Waals surface area contributed by atoms with Gasteiger partial charge in [-0.15, -0.1) is 0 Å². The summed E-state index contributed by atoms with van der Waals surface area (Å²) in [7, 11) is -1.95. The van der Waals surface area contributed by atoms with Gasteiger partial charge in [-0.05, 0) is 49.9 Å². The Bertz CT molecular complexity index is 1080. The Morgan fingerprint density at radius 2 is 1.86 bits per heavy atom. The van der Waals surface area contributed by atoms with Crippen molar-refractivity contribution in [2.45, 2.75) is 31.2 Å². The average molecular weight is 400 g/mol. The largest absolute Gasteiger partial charge is 0.497 e. The van der Waals surface area contributed by atoms with Crippen LogP contribution < -0.4 is 4.74 Å². The second-order valence-corrected chi connectivity index (χ2v) is 9.22. The molecular formula is C21H25N3O3S. The predicted octanol–water partition coefficient (Wildman–Crippen LogP) is 3.45. The van der Waals surface area contributed by atoms with Gasteiger partial charge in [0.15, 0.2) is 0 Å². The fraction of sp³-hybridized carbons (Fsp3) is 0.381. The van der Waals surface area contributed by atoms with E-state index in [1.165, 1.54) is 0 Å². The standard InChI is InChI=1S/C21H25N3O3S/c1-16-22-20-8-3-4-9-21(20)24(16)15-17-10-12-23(13-11-17)28(25,26)19-7-5-6-18(14-19)27-2/h3-9,14,17H,10-13,15H2,1-2H3. The molecule has 0 aliphatic carbocycles. The molecule has 7 heteroatoms. The number of rotatable bonds is 5. The highest BCUT2D eigenvalue weighted by Gasteiger charge is 2.30. The number of sulfonamides is 1. The molecule has 0 atom stereocenters. The molecule has 0 amide bonds. The van der Waals surface area contributed by atoms with Gasteiger partial charge < -0.3 is 9.30 Å². The van der Waals surface area contributed by atoms with Crippen molar-refractivity contribution in [3.8, 4) is 5.75 Å². The highest BCUT2D eigenvalue weighted by molar-refractivity contribution is 7.89. The highest BCUT2D eigenvalue weighted by atomic mass is 32.2. The third-order valence-corrected chi connectivity index (χ3v) is 7.43. The number of ether oxygens (including phenoxy) is 1. The van der Waals surface area contributed by atoms with Crippen LogP contribution in [0.1, 0.15) is 18.7 Å². The summed E-state index contributed by atoms with van der Waals surface area (Å²) in [5.74, 6) is 2.00. The summed E-state index contributed by atoms with van der Waals surface area (Å²) < 4.78 is 34.9. The van der Waals surface area contributed by atoms with Gasteiger partial charge in [-0.1, -0.05) is 18.2 Å². The van der Waals surface area contributed by atoms with Crippen LogP contribution in [-0.4, -0.2) is 42.5 Å². The highest BCUT2D eigenvalue weighted by Crippen LogP contribution is 2.28. The van der Waals surface area contributed by atoms with Crippen molar-refractivity contribution in [1.82, 2.24) is 13.9 Å². The molecule has 0 bridgehead atoms. The van der Waals surface area contributed by atoms with E-state index in [2.05, 4.69) is 15.6 Å². The van der Waals surface area contributed by atoms with E-state index >= 15 is 0 Å². The third kappa shape index (κ3) is 3.52. The van der Waals surface area contributed by atoms with E-state index < -0.39 is 10.0 Å². The first-order chi connectivity index (χ1) is 13.5. The normalized spacial score (nSPS) is 16.5. The molecule has 1 aliphatic rings. The van der Waals surface area contributed by atoms with E-state index in [0.29, 0.717) is 29.7 Å². The number of fused-ring (bicyclic) bond motifs is 1. The zero-order chi connectivity index (χ0) is 19.7. The van der Waals surface area contributed by atoms with Crippen molar-refractivity contribution in [3.05, 3.63) is 54.4 Å². The average Bonchev–Trinajstić information content (AvgIpc) is 3.04. The fourth-order valence-electron chi connectivity index (χ4n) is 3.93. The van der Waals surface area contributed by atoms with Gasteiger partial charge in [0.2, 0.25) is 10.0 Å². The quantitative estimate of drug-likeness (QED) is 0.659. The Labute approximate surface area is 165 Å². The summed E-state index contributed by atoms with van der Waals surface area (Å²) in [6, 6.07) is 14.8. The molecule has 0 unspecified atom stereocenters. The van der Waals surface area contributed by atoms with Gasteiger partial charge in [0.1, 0.15) is 11.6 Å². The first-order valence-electron chi connectivity index (χ1n) is 9.55. The van der Waals surface area contributed by atoms with E-state index in [0.717, 1.165) is 36.2 Å². The lowest BCUT2D eigenvalue weighted by Gasteiger charge is -2.31. The van der Waals surface area contributed by atoms with Crippen molar-refractivity contribution >= 4 is 21.1 Å². The molecule has 2 aromatic carbocycles. The van der Waals surface area contributed by atoms with Gasteiger partial charge in [0.05, 0.1) is 23.0 Å². The molecule has 1 fully saturated rings. The molecule has 0 saturated carbocycles. The summed E-state index contributed by atoms with van der Waals surface area (Å²) in [6.45, 7) is 3.98. The minimum Gasteiger partial charge on any atom is -0.497 e. The summed E-state index contributed by atoms with van der Waals surface area (Å²) in [5.41, 5.74) is 2.16. The maximum Gasteiger partial charge on any atom is 0.243 e. The Kier molecular flexibility index (Phi) is 5.12. The van der Waals surface area contributed by atoms with Gasteiger partial charge in [-0.2, -0.15) is 4.31 Å². The molecule has 0 spiro atoms. The number of aryl methyl sites for hydroxylation is 1.